The zero-order valence-electron chi connectivity index (χ0n) is 11.4. The predicted molar refractivity (Wildman–Crippen MR) is 75.4 cm³/mol. The standard InChI is InChI=1S/C13H22BrN3O/c1-4-17-11(13(14)10(3)15-17)8-16-6-5-12(18)9(2)7-16/h9,12,18H,4-8H2,1-3H3. The van der Waals surface area contributed by atoms with Crippen molar-refractivity contribution in [1.82, 2.24) is 14.7 Å². The quantitative estimate of drug-likeness (QED) is 0.929. The van der Waals surface area contributed by atoms with Crippen LogP contribution in [0, 0.1) is 12.8 Å². The molecule has 4 nitrogen and oxygen atoms in total. The molecule has 1 fully saturated rings. The highest BCUT2D eigenvalue weighted by atomic mass is 79.9. The van der Waals surface area contributed by atoms with Gasteiger partial charge in [-0.05, 0) is 42.1 Å². The fraction of sp³-hybridized carbons (Fsp3) is 0.769. The Morgan fingerprint density at radius 1 is 1.50 bits per heavy atom. The summed E-state index contributed by atoms with van der Waals surface area (Å²) in [5.41, 5.74) is 2.30. The van der Waals surface area contributed by atoms with E-state index in [4.69, 9.17) is 0 Å². The molecule has 1 N–H and O–H groups in total. The fourth-order valence-corrected chi connectivity index (χ4v) is 3.00. The van der Waals surface area contributed by atoms with Crippen LogP contribution in [0.25, 0.3) is 0 Å². The monoisotopic (exact) mass is 315 g/mol. The number of likely N-dealkylation sites (tertiary alicyclic amines) is 1. The average molecular weight is 316 g/mol. The minimum Gasteiger partial charge on any atom is -0.393 e. The van der Waals surface area contributed by atoms with Crippen molar-refractivity contribution in [2.24, 2.45) is 5.92 Å². The molecule has 0 aromatic carbocycles. The van der Waals surface area contributed by atoms with Gasteiger partial charge in [-0.25, -0.2) is 0 Å². The van der Waals surface area contributed by atoms with Crippen molar-refractivity contribution in [2.75, 3.05) is 13.1 Å². The lowest BCUT2D eigenvalue weighted by molar-refractivity contribution is 0.0310. The minimum absolute atomic E-state index is 0.137. The van der Waals surface area contributed by atoms with Gasteiger partial charge in [0.1, 0.15) is 0 Å². The summed E-state index contributed by atoms with van der Waals surface area (Å²) in [7, 11) is 0. The Hall–Kier alpha value is -0.390. The van der Waals surface area contributed by atoms with Crippen LogP contribution >= 0.6 is 15.9 Å². The second-order valence-electron chi connectivity index (χ2n) is 5.23. The van der Waals surface area contributed by atoms with Gasteiger partial charge in [0.25, 0.3) is 0 Å². The lowest BCUT2D eigenvalue weighted by atomic mass is 9.97. The van der Waals surface area contributed by atoms with Gasteiger partial charge in [0.05, 0.1) is 22.0 Å². The molecule has 1 aromatic heterocycles. The van der Waals surface area contributed by atoms with Gasteiger partial charge < -0.3 is 5.11 Å². The highest BCUT2D eigenvalue weighted by molar-refractivity contribution is 9.10. The third-order valence-electron chi connectivity index (χ3n) is 3.77. The molecular weight excluding hydrogens is 294 g/mol. The molecule has 2 rings (SSSR count). The van der Waals surface area contributed by atoms with E-state index in [0.29, 0.717) is 5.92 Å². The van der Waals surface area contributed by atoms with Gasteiger partial charge in [-0.1, -0.05) is 6.92 Å². The third-order valence-corrected chi connectivity index (χ3v) is 4.80. The predicted octanol–water partition coefficient (Wildman–Crippen LogP) is 2.18. The second-order valence-corrected chi connectivity index (χ2v) is 6.02. The molecule has 1 aliphatic rings. The summed E-state index contributed by atoms with van der Waals surface area (Å²) < 4.78 is 3.19. The summed E-state index contributed by atoms with van der Waals surface area (Å²) in [6.45, 7) is 10.00. The minimum atomic E-state index is -0.137. The van der Waals surface area contributed by atoms with Crippen LogP contribution in [-0.2, 0) is 13.1 Å². The van der Waals surface area contributed by atoms with Gasteiger partial charge in [0.15, 0.2) is 0 Å². The van der Waals surface area contributed by atoms with E-state index in [2.05, 4.69) is 44.5 Å². The summed E-state index contributed by atoms with van der Waals surface area (Å²) in [5, 5.41) is 14.3. The zero-order chi connectivity index (χ0) is 13.3. The van der Waals surface area contributed by atoms with Gasteiger partial charge in [0, 0.05) is 26.2 Å². The third kappa shape index (κ3) is 2.78. The van der Waals surface area contributed by atoms with Crippen LogP contribution in [0.15, 0.2) is 4.47 Å². The number of hydrogen-bond acceptors (Lipinski definition) is 3. The normalized spacial score (nSPS) is 25.6. The second kappa shape index (κ2) is 5.72. The van der Waals surface area contributed by atoms with Crippen LogP contribution in [0.2, 0.25) is 0 Å². The molecule has 2 unspecified atom stereocenters. The van der Waals surface area contributed by atoms with Crippen molar-refractivity contribution in [3.8, 4) is 0 Å². The molecule has 1 aromatic rings. The van der Waals surface area contributed by atoms with E-state index < -0.39 is 0 Å². The number of piperidine rings is 1. The average Bonchev–Trinajstić information content (AvgIpc) is 2.61. The van der Waals surface area contributed by atoms with Crippen molar-refractivity contribution < 1.29 is 5.11 Å². The molecule has 0 amide bonds. The first-order chi connectivity index (χ1) is 8.52. The molecule has 5 heteroatoms. The van der Waals surface area contributed by atoms with Gasteiger partial charge in [-0.15, -0.1) is 0 Å². The first-order valence-corrected chi connectivity index (χ1v) is 7.44. The number of aryl methyl sites for hydroxylation is 2. The number of aliphatic hydroxyl groups is 1. The summed E-state index contributed by atoms with van der Waals surface area (Å²) in [6, 6.07) is 0. The Labute approximate surface area is 117 Å². The van der Waals surface area contributed by atoms with Crippen LogP contribution < -0.4 is 0 Å². The number of hydrogen-bond donors (Lipinski definition) is 1. The maximum absolute atomic E-state index is 9.77. The van der Waals surface area contributed by atoms with Crippen molar-refractivity contribution in [3.63, 3.8) is 0 Å². The topological polar surface area (TPSA) is 41.3 Å². The molecule has 0 aliphatic carbocycles. The van der Waals surface area contributed by atoms with Gasteiger partial charge >= 0.3 is 0 Å². The first kappa shape index (κ1) is 14.0. The van der Waals surface area contributed by atoms with Crippen LogP contribution in [-0.4, -0.2) is 39.0 Å². The van der Waals surface area contributed by atoms with Gasteiger partial charge in [-0.3, -0.25) is 9.58 Å². The number of aromatic nitrogens is 2. The highest BCUT2D eigenvalue weighted by Gasteiger charge is 2.25. The van der Waals surface area contributed by atoms with Crippen LogP contribution in [0.4, 0.5) is 0 Å². The van der Waals surface area contributed by atoms with E-state index in [0.717, 1.165) is 42.8 Å². The molecule has 102 valence electrons. The Balaban J connectivity index is 2.10. The molecule has 1 aliphatic heterocycles. The number of rotatable bonds is 3. The Kier molecular flexibility index (Phi) is 4.45. The summed E-state index contributed by atoms with van der Waals surface area (Å²) in [5.74, 6) is 0.358. The molecule has 0 spiro atoms. The van der Waals surface area contributed by atoms with Crippen molar-refractivity contribution in [2.45, 2.75) is 46.4 Å². The van der Waals surface area contributed by atoms with Gasteiger partial charge in [-0.2, -0.15) is 5.10 Å². The van der Waals surface area contributed by atoms with E-state index >= 15 is 0 Å². The van der Waals surface area contributed by atoms with Crippen molar-refractivity contribution in [1.29, 1.82) is 0 Å². The van der Waals surface area contributed by atoms with E-state index in [-0.39, 0.29) is 6.10 Å². The maximum atomic E-state index is 9.77. The largest absolute Gasteiger partial charge is 0.393 e. The number of aliphatic hydroxyl groups excluding tert-OH is 1. The zero-order valence-corrected chi connectivity index (χ0v) is 12.9. The van der Waals surface area contributed by atoms with Crippen molar-refractivity contribution in [3.05, 3.63) is 15.9 Å². The van der Waals surface area contributed by atoms with E-state index in [9.17, 15) is 5.11 Å². The molecule has 0 radical (unpaired) electrons. The Morgan fingerprint density at radius 3 is 2.83 bits per heavy atom. The smallest absolute Gasteiger partial charge is 0.0739 e. The Morgan fingerprint density at radius 2 is 2.22 bits per heavy atom. The lowest BCUT2D eigenvalue weighted by Crippen LogP contribution is -2.41. The summed E-state index contributed by atoms with van der Waals surface area (Å²) in [6.07, 6.45) is 0.736. The summed E-state index contributed by atoms with van der Waals surface area (Å²) >= 11 is 3.64. The van der Waals surface area contributed by atoms with Crippen LogP contribution in [0.1, 0.15) is 31.7 Å². The Bertz CT molecular complexity index is 419. The van der Waals surface area contributed by atoms with Gasteiger partial charge in [0.2, 0.25) is 0 Å². The molecular formula is C13H22BrN3O. The van der Waals surface area contributed by atoms with E-state index in [1.165, 1.54) is 5.69 Å². The van der Waals surface area contributed by atoms with E-state index in [1.54, 1.807) is 0 Å². The van der Waals surface area contributed by atoms with Crippen LogP contribution in [0.5, 0.6) is 0 Å². The molecule has 2 atom stereocenters. The fourth-order valence-electron chi connectivity index (χ4n) is 2.60. The molecule has 0 bridgehead atoms. The SMILES string of the molecule is CCn1nc(C)c(Br)c1CN1CCC(O)C(C)C1. The van der Waals surface area contributed by atoms with Crippen LogP contribution in [0.3, 0.4) is 0 Å². The molecule has 18 heavy (non-hydrogen) atoms. The maximum Gasteiger partial charge on any atom is 0.0739 e. The molecule has 2 heterocycles. The first-order valence-electron chi connectivity index (χ1n) is 6.65. The number of nitrogens with zero attached hydrogens (tertiary/aromatic N) is 3. The highest BCUT2D eigenvalue weighted by Crippen LogP contribution is 2.25. The molecule has 1 saturated heterocycles. The summed E-state index contributed by atoms with van der Waals surface area (Å²) in [4.78, 5) is 2.41. The van der Waals surface area contributed by atoms with E-state index in [1.807, 2.05) is 6.92 Å². The van der Waals surface area contributed by atoms with Crippen molar-refractivity contribution >= 4 is 15.9 Å². The molecule has 0 saturated carbocycles. The number of halogens is 1. The lowest BCUT2D eigenvalue weighted by Gasteiger charge is -2.34.